The summed E-state index contributed by atoms with van der Waals surface area (Å²) in [6.45, 7) is 7.76. The fraction of sp³-hybridized carbons (Fsp3) is 0.692. The first kappa shape index (κ1) is 17.6. The average Bonchev–Trinajstić information content (AvgIpc) is 2.77. The Balaban J connectivity index is 2.98. The van der Waals surface area contributed by atoms with Crippen molar-refractivity contribution in [3.63, 3.8) is 0 Å². The van der Waals surface area contributed by atoms with Gasteiger partial charge in [-0.1, -0.05) is 6.92 Å². The topological polar surface area (TPSA) is 58.6 Å². The molecule has 1 atom stereocenters. The number of thiophene rings is 1. The van der Waals surface area contributed by atoms with Crippen molar-refractivity contribution >= 4 is 21.4 Å². The van der Waals surface area contributed by atoms with Crippen molar-refractivity contribution in [2.24, 2.45) is 0 Å². The maximum atomic E-state index is 12.5. The van der Waals surface area contributed by atoms with E-state index in [4.69, 9.17) is 4.74 Å². The highest BCUT2D eigenvalue weighted by Crippen LogP contribution is 2.28. The van der Waals surface area contributed by atoms with Crippen molar-refractivity contribution in [1.82, 2.24) is 9.62 Å². The lowest BCUT2D eigenvalue weighted by atomic mass is 10.3. The van der Waals surface area contributed by atoms with Crippen LogP contribution in [0.1, 0.15) is 24.3 Å². The number of ether oxygens (including phenoxy) is 1. The van der Waals surface area contributed by atoms with Crippen molar-refractivity contribution in [1.29, 1.82) is 0 Å². The van der Waals surface area contributed by atoms with Crippen LogP contribution in [0.4, 0.5) is 0 Å². The van der Waals surface area contributed by atoms with Gasteiger partial charge in [-0.25, -0.2) is 8.42 Å². The Hall–Kier alpha value is -0.470. The summed E-state index contributed by atoms with van der Waals surface area (Å²) in [6.07, 6.45) is 0. The first-order valence-electron chi connectivity index (χ1n) is 6.61. The molecule has 20 heavy (non-hydrogen) atoms. The molecule has 5 nitrogen and oxygen atoms in total. The van der Waals surface area contributed by atoms with Gasteiger partial charge in [0, 0.05) is 31.6 Å². The second kappa shape index (κ2) is 7.51. The van der Waals surface area contributed by atoms with Gasteiger partial charge in [0.15, 0.2) is 0 Å². The van der Waals surface area contributed by atoms with E-state index in [2.05, 4.69) is 5.32 Å². The number of methoxy groups -OCH3 is 1. The number of hydrogen-bond donors (Lipinski definition) is 1. The molecule has 0 bridgehead atoms. The average molecular weight is 320 g/mol. The van der Waals surface area contributed by atoms with Gasteiger partial charge in [0.2, 0.25) is 0 Å². The number of hydrogen-bond acceptors (Lipinski definition) is 5. The van der Waals surface area contributed by atoms with Gasteiger partial charge in [0.05, 0.1) is 6.61 Å². The maximum absolute atomic E-state index is 12.5. The van der Waals surface area contributed by atoms with Crippen LogP contribution >= 0.6 is 11.3 Å². The molecule has 0 saturated carbocycles. The zero-order valence-electron chi connectivity index (χ0n) is 12.8. The fourth-order valence-electron chi connectivity index (χ4n) is 1.75. The molecule has 0 aliphatic carbocycles. The van der Waals surface area contributed by atoms with E-state index >= 15 is 0 Å². The van der Waals surface area contributed by atoms with Crippen molar-refractivity contribution < 1.29 is 13.2 Å². The second-order valence-electron chi connectivity index (χ2n) is 4.78. The van der Waals surface area contributed by atoms with Crippen LogP contribution in [0, 0.1) is 6.92 Å². The van der Waals surface area contributed by atoms with Gasteiger partial charge < -0.3 is 10.1 Å². The third kappa shape index (κ3) is 4.02. The van der Waals surface area contributed by atoms with Crippen LogP contribution in [0.3, 0.4) is 0 Å². The van der Waals surface area contributed by atoms with Gasteiger partial charge in [-0.3, -0.25) is 0 Å². The Bertz CT molecular complexity index is 526. The van der Waals surface area contributed by atoms with Gasteiger partial charge >= 0.3 is 0 Å². The van der Waals surface area contributed by atoms with E-state index in [1.165, 1.54) is 15.6 Å². The Morgan fingerprint density at radius 2 is 2.15 bits per heavy atom. The van der Waals surface area contributed by atoms with E-state index in [0.717, 1.165) is 17.0 Å². The number of nitrogens with one attached hydrogen (secondary N) is 1. The quantitative estimate of drug-likeness (QED) is 0.794. The summed E-state index contributed by atoms with van der Waals surface area (Å²) >= 11 is 1.34. The SMILES string of the molecule is CCNCc1sc(S(=O)(=O)N(C)C(C)COC)cc1C. The van der Waals surface area contributed by atoms with Crippen LogP contribution in [-0.2, 0) is 21.3 Å². The van der Waals surface area contributed by atoms with Crippen LogP contribution in [-0.4, -0.2) is 46.1 Å². The minimum absolute atomic E-state index is 0.190. The first-order chi connectivity index (χ1) is 9.34. The molecule has 1 aromatic heterocycles. The highest BCUT2D eigenvalue weighted by Gasteiger charge is 2.27. The predicted molar refractivity (Wildman–Crippen MR) is 82.7 cm³/mol. The van der Waals surface area contributed by atoms with Crippen LogP contribution in [0.25, 0.3) is 0 Å². The molecule has 1 unspecified atom stereocenters. The summed E-state index contributed by atoms with van der Waals surface area (Å²) in [7, 11) is -0.278. The van der Waals surface area contributed by atoms with Crippen molar-refractivity contribution in [2.75, 3.05) is 27.3 Å². The van der Waals surface area contributed by atoms with Crippen molar-refractivity contribution in [3.05, 3.63) is 16.5 Å². The predicted octanol–water partition coefficient (Wildman–Crippen LogP) is 1.82. The van der Waals surface area contributed by atoms with Gasteiger partial charge in [-0.05, 0) is 32.0 Å². The lowest BCUT2D eigenvalue weighted by Gasteiger charge is -2.22. The van der Waals surface area contributed by atoms with E-state index in [9.17, 15) is 8.42 Å². The maximum Gasteiger partial charge on any atom is 0.252 e. The number of nitrogens with zero attached hydrogens (tertiary/aromatic N) is 1. The minimum Gasteiger partial charge on any atom is -0.383 e. The van der Waals surface area contributed by atoms with Gasteiger partial charge in [-0.15, -0.1) is 11.3 Å². The Morgan fingerprint density at radius 1 is 1.50 bits per heavy atom. The normalized spacial score (nSPS) is 13.9. The number of rotatable bonds is 8. The molecular weight excluding hydrogens is 296 g/mol. The standard InChI is InChI=1S/C13H24N2O3S2/c1-6-14-8-12-10(2)7-13(19-12)20(16,17)15(4)11(3)9-18-5/h7,11,14H,6,8-9H2,1-5H3. The summed E-state index contributed by atoms with van der Waals surface area (Å²) < 4.78 is 31.9. The van der Waals surface area contributed by atoms with Gasteiger partial charge in [-0.2, -0.15) is 4.31 Å². The molecule has 0 aromatic carbocycles. The molecule has 1 aromatic rings. The molecule has 0 saturated heterocycles. The number of likely N-dealkylation sites (N-methyl/N-ethyl adjacent to an activating group) is 1. The molecule has 0 fully saturated rings. The molecule has 0 spiro atoms. The molecule has 0 amide bonds. The van der Waals surface area contributed by atoms with Crippen LogP contribution in [0.15, 0.2) is 10.3 Å². The molecule has 1 N–H and O–H groups in total. The van der Waals surface area contributed by atoms with Gasteiger partial charge in [0.1, 0.15) is 4.21 Å². The summed E-state index contributed by atoms with van der Waals surface area (Å²) in [6, 6.07) is 1.56. The Labute approximate surface area is 126 Å². The van der Waals surface area contributed by atoms with Crippen LogP contribution in [0.2, 0.25) is 0 Å². The smallest absolute Gasteiger partial charge is 0.252 e. The monoisotopic (exact) mass is 320 g/mol. The highest BCUT2D eigenvalue weighted by molar-refractivity contribution is 7.91. The molecule has 1 heterocycles. The molecule has 116 valence electrons. The van der Waals surface area contributed by atoms with E-state index < -0.39 is 10.0 Å². The summed E-state index contributed by atoms with van der Waals surface area (Å²) in [5, 5.41) is 3.22. The third-order valence-electron chi connectivity index (χ3n) is 3.20. The lowest BCUT2D eigenvalue weighted by molar-refractivity contribution is 0.149. The van der Waals surface area contributed by atoms with Crippen LogP contribution in [0.5, 0.6) is 0 Å². The molecular formula is C13H24N2O3S2. The van der Waals surface area contributed by atoms with E-state index in [-0.39, 0.29) is 6.04 Å². The highest BCUT2D eigenvalue weighted by atomic mass is 32.2. The molecule has 7 heteroatoms. The Kier molecular flexibility index (Phi) is 6.60. The summed E-state index contributed by atoms with van der Waals surface area (Å²) in [4.78, 5) is 1.07. The second-order valence-corrected chi connectivity index (χ2v) is 8.14. The van der Waals surface area contributed by atoms with Crippen LogP contribution < -0.4 is 5.32 Å². The van der Waals surface area contributed by atoms with E-state index in [1.807, 2.05) is 20.8 Å². The molecule has 0 aliphatic rings. The number of aryl methyl sites for hydroxylation is 1. The van der Waals surface area contributed by atoms with Crippen molar-refractivity contribution in [2.45, 2.75) is 37.6 Å². The third-order valence-corrected chi connectivity index (χ3v) is 6.85. The molecule has 0 aliphatic heterocycles. The van der Waals surface area contributed by atoms with Gasteiger partial charge in [0.25, 0.3) is 10.0 Å². The Morgan fingerprint density at radius 3 is 2.70 bits per heavy atom. The first-order valence-corrected chi connectivity index (χ1v) is 8.87. The number of sulfonamides is 1. The zero-order chi connectivity index (χ0) is 15.3. The zero-order valence-corrected chi connectivity index (χ0v) is 14.4. The lowest BCUT2D eigenvalue weighted by Crippen LogP contribution is -2.37. The molecule has 1 rings (SSSR count). The van der Waals surface area contributed by atoms with E-state index in [1.54, 1.807) is 20.2 Å². The van der Waals surface area contributed by atoms with E-state index in [0.29, 0.717) is 17.4 Å². The fourth-order valence-corrected chi connectivity index (χ4v) is 4.85. The minimum atomic E-state index is -3.44. The summed E-state index contributed by atoms with van der Waals surface area (Å²) in [5.74, 6) is 0. The van der Waals surface area contributed by atoms with Crippen molar-refractivity contribution in [3.8, 4) is 0 Å². The largest absolute Gasteiger partial charge is 0.383 e. The molecule has 0 radical (unpaired) electrons. The summed E-state index contributed by atoms with van der Waals surface area (Å²) in [5.41, 5.74) is 1.02.